The fourth-order valence-corrected chi connectivity index (χ4v) is 3.07. The van der Waals surface area contributed by atoms with Crippen LogP contribution in [0.5, 0.6) is 0 Å². The molecule has 0 spiro atoms. The summed E-state index contributed by atoms with van der Waals surface area (Å²) < 4.78 is 1.08. The van der Waals surface area contributed by atoms with Crippen LogP contribution < -0.4 is 10.6 Å². The third kappa shape index (κ3) is 3.44. The normalized spacial score (nSPS) is 22.5. The minimum Gasteiger partial charge on any atom is -0.338 e. The first-order valence-corrected chi connectivity index (χ1v) is 8.07. The van der Waals surface area contributed by atoms with Crippen LogP contribution >= 0.6 is 15.9 Å². The Morgan fingerprint density at radius 1 is 1.48 bits per heavy atom. The van der Waals surface area contributed by atoms with Gasteiger partial charge in [-0.3, -0.25) is 5.10 Å². The summed E-state index contributed by atoms with van der Waals surface area (Å²) in [5.41, 5.74) is 7.35. The van der Waals surface area contributed by atoms with Gasteiger partial charge in [0.25, 0.3) is 0 Å². The van der Waals surface area contributed by atoms with Crippen molar-refractivity contribution in [1.29, 1.82) is 0 Å². The van der Waals surface area contributed by atoms with E-state index in [0.29, 0.717) is 5.92 Å². The molecule has 0 aliphatic carbocycles. The fourth-order valence-electron chi connectivity index (χ4n) is 2.63. The SMILES string of the molecule is CC1CCN(c2n[nH]c(Cc3cccc(Br)c3)n2)CC1N. The lowest BCUT2D eigenvalue weighted by molar-refractivity contribution is 0.376. The minimum atomic E-state index is 0.200. The molecule has 2 aromatic rings. The molecule has 1 aliphatic rings. The number of aromatic amines is 1. The predicted molar refractivity (Wildman–Crippen MR) is 87.3 cm³/mol. The molecule has 3 rings (SSSR count). The molecule has 112 valence electrons. The second kappa shape index (κ2) is 6.15. The molecule has 3 N–H and O–H groups in total. The lowest BCUT2D eigenvalue weighted by Gasteiger charge is -2.34. The number of H-pyrrole nitrogens is 1. The molecular formula is C15H20BrN5. The van der Waals surface area contributed by atoms with E-state index in [1.165, 1.54) is 5.56 Å². The van der Waals surface area contributed by atoms with Crippen LogP contribution in [0.25, 0.3) is 0 Å². The van der Waals surface area contributed by atoms with Crippen molar-refractivity contribution in [1.82, 2.24) is 15.2 Å². The van der Waals surface area contributed by atoms with Crippen molar-refractivity contribution in [2.45, 2.75) is 25.8 Å². The second-order valence-electron chi connectivity index (χ2n) is 5.76. The number of nitrogens with two attached hydrogens (primary N) is 1. The average Bonchev–Trinajstić information content (AvgIpc) is 2.90. The van der Waals surface area contributed by atoms with Gasteiger partial charge in [0, 0.05) is 30.0 Å². The highest BCUT2D eigenvalue weighted by atomic mass is 79.9. The molecule has 0 amide bonds. The first kappa shape index (κ1) is 14.5. The zero-order valence-corrected chi connectivity index (χ0v) is 13.7. The summed E-state index contributed by atoms with van der Waals surface area (Å²) in [6.45, 7) is 4.01. The summed E-state index contributed by atoms with van der Waals surface area (Å²) in [6.07, 6.45) is 1.85. The summed E-state index contributed by atoms with van der Waals surface area (Å²) in [5.74, 6) is 2.22. The van der Waals surface area contributed by atoms with E-state index in [1.54, 1.807) is 0 Å². The van der Waals surface area contributed by atoms with Gasteiger partial charge in [-0.15, -0.1) is 5.10 Å². The van der Waals surface area contributed by atoms with Crippen LogP contribution in [0.4, 0.5) is 5.95 Å². The Kier molecular flexibility index (Phi) is 4.26. The van der Waals surface area contributed by atoms with Crippen LogP contribution in [0.15, 0.2) is 28.7 Å². The highest BCUT2D eigenvalue weighted by Crippen LogP contribution is 2.20. The van der Waals surface area contributed by atoms with E-state index in [9.17, 15) is 0 Å². The number of nitrogens with one attached hydrogen (secondary N) is 1. The molecule has 21 heavy (non-hydrogen) atoms. The summed E-state index contributed by atoms with van der Waals surface area (Å²) in [6, 6.07) is 8.44. The van der Waals surface area contributed by atoms with Crippen molar-refractivity contribution in [2.75, 3.05) is 18.0 Å². The van der Waals surface area contributed by atoms with E-state index >= 15 is 0 Å². The Morgan fingerprint density at radius 2 is 2.33 bits per heavy atom. The number of benzene rings is 1. The van der Waals surface area contributed by atoms with Gasteiger partial charge in [0.05, 0.1) is 0 Å². The third-order valence-electron chi connectivity index (χ3n) is 4.08. The Morgan fingerprint density at radius 3 is 3.10 bits per heavy atom. The van der Waals surface area contributed by atoms with E-state index < -0.39 is 0 Å². The van der Waals surface area contributed by atoms with Gasteiger partial charge in [0.1, 0.15) is 5.82 Å². The van der Waals surface area contributed by atoms with E-state index in [2.05, 4.69) is 55.1 Å². The summed E-state index contributed by atoms with van der Waals surface area (Å²) in [7, 11) is 0. The molecule has 2 heterocycles. The van der Waals surface area contributed by atoms with E-state index in [0.717, 1.165) is 42.2 Å². The minimum absolute atomic E-state index is 0.200. The number of rotatable bonds is 3. The van der Waals surface area contributed by atoms with Crippen molar-refractivity contribution < 1.29 is 0 Å². The van der Waals surface area contributed by atoms with Crippen LogP contribution in [-0.4, -0.2) is 34.3 Å². The Labute approximate surface area is 133 Å². The molecule has 1 aromatic heterocycles. The van der Waals surface area contributed by atoms with Crippen molar-refractivity contribution in [2.24, 2.45) is 11.7 Å². The van der Waals surface area contributed by atoms with E-state index in [1.807, 2.05) is 12.1 Å². The maximum absolute atomic E-state index is 6.14. The number of halogens is 1. The van der Waals surface area contributed by atoms with Crippen LogP contribution in [-0.2, 0) is 6.42 Å². The molecule has 1 saturated heterocycles. The molecule has 1 aromatic carbocycles. The standard InChI is InChI=1S/C15H20BrN5/c1-10-5-6-21(9-13(10)17)15-18-14(19-20-15)8-11-3-2-4-12(16)7-11/h2-4,7,10,13H,5-6,8-9,17H2,1H3,(H,18,19,20). The Bertz CT molecular complexity index is 612. The van der Waals surface area contributed by atoms with Gasteiger partial charge in [0.15, 0.2) is 0 Å². The van der Waals surface area contributed by atoms with Gasteiger partial charge in [-0.25, -0.2) is 0 Å². The van der Waals surface area contributed by atoms with Crippen molar-refractivity contribution in [3.05, 3.63) is 40.1 Å². The number of aromatic nitrogens is 3. The van der Waals surface area contributed by atoms with Crippen LogP contribution in [0.1, 0.15) is 24.7 Å². The zero-order chi connectivity index (χ0) is 14.8. The summed E-state index contributed by atoms with van der Waals surface area (Å²) in [5, 5.41) is 7.38. The van der Waals surface area contributed by atoms with Crippen LogP contribution in [0, 0.1) is 5.92 Å². The second-order valence-corrected chi connectivity index (χ2v) is 6.68. The number of piperidine rings is 1. The van der Waals surface area contributed by atoms with Gasteiger partial charge in [-0.2, -0.15) is 4.98 Å². The fraction of sp³-hybridized carbons (Fsp3) is 0.467. The molecule has 6 heteroatoms. The molecule has 0 radical (unpaired) electrons. The molecule has 5 nitrogen and oxygen atoms in total. The molecule has 1 aliphatic heterocycles. The van der Waals surface area contributed by atoms with Gasteiger partial charge < -0.3 is 10.6 Å². The molecular weight excluding hydrogens is 330 g/mol. The number of nitrogens with zero attached hydrogens (tertiary/aromatic N) is 3. The lowest BCUT2D eigenvalue weighted by atomic mass is 9.95. The zero-order valence-electron chi connectivity index (χ0n) is 12.1. The smallest absolute Gasteiger partial charge is 0.244 e. The molecule has 2 unspecified atom stereocenters. The summed E-state index contributed by atoms with van der Waals surface area (Å²) in [4.78, 5) is 6.78. The van der Waals surface area contributed by atoms with Crippen LogP contribution in [0.2, 0.25) is 0 Å². The van der Waals surface area contributed by atoms with Gasteiger partial charge >= 0.3 is 0 Å². The van der Waals surface area contributed by atoms with Gasteiger partial charge in [0.2, 0.25) is 5.95 Å². The third-order valence-corrected chi connectivity index (χ3v) is 4.57. The monoisotopic (exact) mass is 349 g/mol. The van der Waals surface area contributed by atoms with Crippen molar-refractivity contribution in [3.8, 4) is 0 Å². The molecule has 1 fully saturated rings. The van der Waals surface area contributed by atoms with Gasteiger partial charge in [-0.05, 0) is 30.0 Å². The number of anilines is 1. The van der Waals surface area contributed by atoms with Crippen molar-refractivity contribution >= 4 is 21.9 Å². The highest BCUT2D eigenvalue weighted by molar-refractivity contribution is 9.10. The predicted octanol–water partition coefficient (Wildman–Crippen LogP) is 2.33. The molecule has 2 atom stereocenters. The number of hydrogen-bond donors (Lipinski definition) is 2. The topological polar surface area (TPSA) is 70.8 Å². The summed E-state index contributed by atoms with van der Waals surface area (Å²) >= 11 is 3.49. The lowest BCUT2D eigenvalue weighted by Crippen LogP contribution is -2.48. The van der Waals surface area contributed by atoms with E-state index in [4.69, 9.17) is 5.73 Å². The maximum atomic E-state index is 6.14. The van der Waals surface area contributed by atoms with Gasteiger partial charge in [-0.1, -0.05) is 35.0 Å². The quantitative estimate of drug-likeness (QED) is 0.891. The molecule has 0 bridgehead atoms. The van der Waals surface area contributed by atoms with E-state index in [-0.39, 0.29) is 6.04 Å². The largest absolute Gasteiger partial charge is 0.338 e. The maximum Gasteiger partial charge on any atom is 0.244 e. The Hall–Kier alpha value is -1.40. The Balaban J connectivity index is 1.69. The van der Waals surface area contributed by atoms with Crippen molar-refractivity contribution in [3.63, 3.8) is 0 Å². The first-order chi connectivity index (χ1) is 10.1. The first-order valence-electron chi connectivity index (χ1n) is 7.28. The highest BCUT2D eigenvalue weighted by Gasteiger charge is 2.25. The van der Waals surface area contributed by atoms with Crippen LogP contribution in [0.3, 0.4) is 0 Å². The number of hydrogen-bond acceptors (Lipinski definition) is 4. The average molecular weight is 350 g/mol. The molecule has 0 saturated carbocycles.